The monoisotopic (exact) mass is 318 g/mol. The van der Waals surface area contributed by atoms with Crippen LogP contribution in [0.4, 0.5) is 9.18 Å². The second-order valence-corrected chi connectivity index (χ2v) is 4.67. The number of urea groups is 1. The van der Waals surface area contributed by atoms with Crippen LogP contribution in [-0.4, -0.2) is 36.9 Å². The lowest BCUT2D eigenvalue weighted by molar-refractivity contribution is -0.139. The molecule has 1 aromatic rings. The Hall–Kier alpha value is -1.86. The Balaban J connectivity index is 2.36. The van der Waals surface area contributed by atoms with Crippen LogP contribution in [0.1, 0.15) is 12.0 Å². The highest BCUT2D eigenvalue weighted by Gasteiger charge is 2.13. The van der Waals surface area contributed by atoms with Gasteiger partial charge in [0.25, 0.3) is 0 Å². The molecule has 1 aromatic carbocycles. The standard InChI is InChI=1S/C13H16ClFN2O4/c1-21-9(5-12(18)19)7-17-13(20)16-6-8-2-3-11(15)10(14)4-8/h2-4,9H,5-7H2,1H3,(H,18,19)(H2,16,17,20). The molecule has 0 aromatic heterocycles. The summed E-state index contributed by atoms with van der Waals surface area (Å²) in [5.74, 6) is -1.54. The summed E-state index contributed by atoms with van der Waals surface area (Å²) in [6.45, 7) is 0.237. The van der Waals surface area contributed by atoms with E-state index in [9.17, 15) is 14.0 Å². The van der Waals surface area contributed by atoms with E-state index in [2.05, 4.69) is 10.6 Å². The number of carboxylic acids is 1. The Labute approximate surface area is 126 Å². The average Bonchev–Trinajstić information content (AvgIpc) is 2.44. The first-order valence-corrected chi connectivity index (χ1v) is 6.50. The first-order chi connectivity index (χ1) is 9.92. The molecular formula is C13H16ClFN2O4. The third kappa shape index (κ3) is 6.42. The van der Waals surface area contributed by atoms with Crippen LogP contribution in [0, 0.1) is 5.82 Å². The van der Waals surface area contributed by atoms with E-state index in [1.165, 1.54) is 25.3 Å². The molecule has 0 bridgehead atoms. The zero-order chi connectivity index (χ0) is 15.8. The van der Waals surface area contributed by atoms with Crippen molar-refractivity contribution in [3.63, 3.8) is 0 Å². The van der Waals surface area contributed by atoms with Crippen LogP contribution in [0.3, 0.4) is 0 Å². The largest absolute Gasteiger partial charge is 0.481 e. The van der Waals surface area contributed by atoms with E-state index in [0.29, 0.717) is 5.56 Å². The van der Waals surface area contributed by atoms with Crippen LogP contribution in [-0.2, 0) is 16.1 Å². The molecule has 0 aliphatic heterocycles. The zero-order valence-corrected chi connectivity index (χ0v) is 12.1. The van der Waals surface area contributed by atoms with Gasteiger partial charge < -0.3 is 20.5 Å². The SMILES string of the molecule is COC(CNC(=O)NCc1ccc(F)c(Cl)c1)CC(=O)O. The predicted molar refractivity (Wildman–Crippen MR) is 74.7 cm³/mol. The lowest BCUT2D eigenvalue weighted by atomic mass is 10.2. The van der Waals surface area contributed by atoms with Gasteiger partial charge in [-0.3, -0.25) is 4.79 Å². The molecule has 0 spiro atoms. The van der Waals surface area contributed by atoms with Crippen LogP contribution in [0.5, 0.6) is 0 Å². The zero-order valence-electron chi connectivity index (χ0n) is 11.4. The lowest BCUT2D eigenvalue weighted by Crippen LogP contribution is -2.40. The summed E-state index contributed by atoms with van der Waals surface area (Å²) < 4.78 is 17.9. The van der Waals surface area contributed by atoms with Crippen molar-refractivity contribution in [2.75, 3.05) is 13.7 Å². The minimum absolute atomic E-state index is 0.0180. The van der Waals surface area contributed by atoms with E-state index < -0.39 is 23.9 Å². The summed E-state index contributed by atoms with van der Waals surface area (Å²) in [7, 11) is 1.37. The molecule has 0 fully saturated rings. The molecular weight excluding hydrogens is 303 g/mol. The van der Waals surface area contributed by atoms with Crippen molar-refractivity contribution in [2.45, 2.75) is 19.1 Å². The number of hydrogen-bond donors (Lipinski definition) is 3. The average molecular weight is 319 g/mol. The molecule has 0 saturated heterocycles. The quantitative estimate of drug-likeness (QED) is 0.715. The van der Waals surface area contributed by atoms with Gasteiger partial charge in [-0.1, -0.05) is 17.7 Å². The molecule has 0 saturated carbocycles. The fraction of sp³-hybridized carbons (Fsp3) is 0.385. The number of carbonyl (C=O) groups is 2. The molecule has 1 unspecified atom stereocenters. The fourth-order valence-electron chi connectivity index (χ4n) is 1.53. The first kappa shape index (κ1) is 17.2. The van der Waals surface area contributed by atoms with Gasteiger partial charge in [0, 0.05) is 20.2 Å². The van der Waals surface area contributed by atoms with Crippen LogP contribution in [0.2, 0.25) is 5.02 Å². The van der Waals surface area contributed by atoms with Gasteiger partial charge in [0.05, 0.1) is 17.5 Å². The summed E-state index contributed by atoms with van der Waals surface area (Å²) in [4.78, 5) is 22.1. The highest BCUT2D eigenvalue weighted by atomic mass is 35.5. The van der Waals surface area contributed by atoms with Crippen molar-refractivity contribution in [2.24, 2.45) is 0 Å². The number of benzene rings is 1. The number of rotatable bonds is 7. The number of hydrogen-bond acceptors (Lipinski definition) is 3. The molecule has 0 heterocycles. The highest BCUT2D eigenvalue weighted by Crippen LogP contribution is 2.15. The highest BCUT2D eigenvalue weighted by molar-refractivity contribution is 6.30. The van der Waals surface area contributed by atoms with E-state index in [1.54, 1.807) is 0 Å². The van der Waals surface area contributed by atoms with Crippen molar-refractivity contribution < 1.29 is 23.8 Å². The van der Waals surface area contributed by atoms with Gasteiger partial charge in [-0.25, -0.2) is 9.18 Å². The van der Waals surface area contributed by atoms with Crippen molar-refractivity contribution >= 4 is 23.6 Å². The molecule has 6 nitrogen and oxygen atoms in total. The van der Waals surface area contributed by atoms with Crippen LogP contribution in [0.25, 0.3) is 0 Å². The minimum Gasteiger partial charge on any atom is -0.481 e. The molecule has 3 N–H and O–H groups in total. The number of methoxy groups -OCH3 is 1. The Morgan fingerprint density at radius 3 is 2.71 bits per heavy atom. The van der Waals surface area contributed by atoms with Crippen LogP contribution >= 0.6 is 11.6 Å². The van der Waals surface area contributed by atoms with E-state index in [0.717, 1.165) is 0 Å². The van der Waals surface area contributed by atoms with Crippen LogP contribution in [0.15, 0.2) is 18.2 Å². The number of nitrogens with one attached hydrogen (secondary N) is 2. The Morgan fingerprint density at radius 1 is 1.43 bits per heavy atom. The maximum atomic E-state index is 13.0. The summed E-state index contributed by atoms with van der Waals surface area (Å²) in [6, 6.07) is 3.65. The summed E-state index contributed by atoms with van der Waals surface area (Å²) in [6.07, 6.45) is -0.807. The Bertz CT molecular complexity index is 513. The van der Waals surface area contributed by atoms with Gasteiger partial charge in [0.15, 0.2) is 0 Å². The maximum absolute atomic E-state index is 13.0. The molecule has 2 amide bonds. The first-order valence-electron chi connectivity index (χ1n) is 6.12. The fourth-order valence-corrected chi connectivity index (χ4v) is 1.74. The maximum Gasteiger partial charge on any atom is 0.315 e. The predicted octanol–water partition coefficient (Wildman–Crippen LogP) is 1.77. The summed E-state index contributed by atoms with van der Waals surface area (Å²) >= 11 is 5.62. The number of carboxylic acid groups (broad SMARTS) is 1. The Kier molecular flexibility index (Phi) is 6.90. The number of carbonyl (C=O) groups excluding carboxylic acids is 1. The minimum atomic E-state index is -1.01. The number of amides is 2. The normalized spacial score (nSPS) is 11.8. The van der Waals surface area contributed by atoms with E-state index >= 15 is 0 Å². The van der Waals surface area contributed by atoms with Gasteiger partial charge in [0.2, 0.25) is 0 Å². The second kappa shape index (κ2) is 8.43. The van der Waals surface area contributed by atoms with Gasteiger partial charge in [-0.05, 0) is 17.7 Å². The van der Waals surface area contributed by atoms with Crippen LogP contribution < -0.4 is 10.6 Å². The van der Waals surface area contributed by atoms with E-state index in [-0.39, 0.29) is 24.5 Å². The number of ether oxygens (including phenoxy) is 1. The molecule has 0 aliphatic carbocycles. The van der Waals surface area contributed by atoms with Crippen molar-refractivity contribution in [3.05, 3.63) is 34.6 Å². The lowest BCUT2D eigenvalue weighted by Gasteiger charge is -2.14. The molecule has 8 heteroatoms. The van der Waals surface area contributed by atoms with E-state index in [4.69, 9.17) is 21.4 Å². The van der Waals surface area contributed by atoms with Gasteiger partial charge in [-0.15, -0.1) is 0 Å². The van der Waals surface area contributed by atoms with Gasteiger partial charge >= 0.3 is 12.0 Å². The number of aliphatic carboxylic acids is 1. The molecule has 1 rings (SSSR count). The van der Waals surface area contributed by atoms with E-state index in [1.807, 2.05) is 0 Å². The van der Waals surface area contributed by atoms with Crippen molar-refractivity contribution in [1.29, 1.82) is 0 Å². The molecule has 21 heavy (non-hydrogen) atoms. The summed E-state index contributed by atoms with van der Waals surface area (Å²) in [5, 5.41) is 13.6. The summed E-state index contributed by atoms with van der Waals surface area (Å²) in [5.41, 5.74) is 0.644. The molecule has 116 valence electrons. The Morgan fingerprint density at radius 2 is 2.14 bits per heavy atom. The molecule has 1 atom stereocenters. The third-order valence-corrected chi connectivity index (χ3v) is 2.95. The van der Waals surface area contributed by atoms with Gasteiger partial charge in [-0.2, -0.15) is 0 Å². The van der Waals surface area contributed by atoms with Crippen molar-refractivity contribution in [1.82, 2.24) is 10.6 Å². The molecule has 0 radical (unpaired) electrons. The smallest absolute Gasteiger partial charge is 0.315 e. The third-order valence-electron chi connectivity index (χ3n) is 2.66. The topological polar surface area (TPSA) is 87.7 Å². The molecule has 0 aliphatic rings. The van der Waals surface area contributed by atoms with Gasteiger partial charge in [0.1, 0.15) is 5.82 Å². The second-order valence-electron chi connectivity index (χ2n) is 4.27. The van der Waals surface area contributed by atoms with Crippen molar-refractivity contribution in [3.8, 4) is 0 Å². The number of halogens is 2.